The Balaban J connectivity index is 0.000000383. The van der Waals surface area contributed by atoms with Crippen molar-refractivity contribution in [2.75, 3.05) is 18.0 Å². The molecule has 0 unspecified atom stereocenters. The summed E-state index contributed by atoms with van der Waals surface area (Å²) >= 11 is 0. The number of piperidine rings is 1. The Morgan fingerprint density at radius 2 is 1.85 bits per heavy atom. The lowest BCUT2D eigenvalue weighted by Crippen LogP contribution is -2.33. The van der Waals surface area contributed by atoms with Gasteiger partial charge in [-0.25, -0.2) is 20.2 Å². The number of hydrogen-bond acceptors (Lipinski definition) is 7. The molecule has 0 spiro atoms. The van der Waals surface area contributed by atoms with Crippen LogP contribution in [0.3, 0.4) is 0 Å². The molecule has 33 heavy (non-hydrogen) atoms. The Kier molecular flexibility index (Phi) is 7.16. The maximum absolute atomic E-state index is 11.5. The van der Waals surface area contributed by atoms with Crippen molar-refractivity contribution < 1.29 is 37.5 Å². The number of hydroxylamine groups is 1. The highest BCUT2D eigenvalue weighted by Gasteiger charge is 2.38. The number of pyridine rings is 1. The molecular formula is C21H21F3N4O5. The van der Waals surface area contributed by atoms with Crippen LogP contribution in [0.1, 0.15) is 30.1 Å². The molecule has 12 heteroatoms. The number of oxazole rings is 1. The number of nitrogens with one attached hydrogen (secondary N) is 1. The van der Waals surface area contributed by atoms with Gasteiger partial charge in [0.25, 0.3) is 5.91 Å². The number of anilines is 1. The van der Waals surface area contributed by atoms with E-state index in [0.29, 0.717) is 22.6 Å². The van der Waals surface area contributed by atoms with Crippen LogP contribution in [0, 0.1) is 5.92 Å². The van der Waals surface area contributed by atoms with Crippen molar-refractivity contribution >= 4 is 28.8 Å². The van der Waals surface area contributed by atoms with Gasteiger partial charge in [-0.3, -0.25) is 10.0 Å². The molecule has 176 valence electrons. The maximum Gasteiger partial charge on any atom is 0.490 e. The third-order valence-electron chi connectivity index (χ3n) is 5.10. The highest BCUT2D eigenvalue weighted by atomic mass is 19.4. The summed E-state index contributed by atoms with van der Waals surface area (Å²) in [4.78, 5) is 31.7. The first-order valence-corrected chi connectivity index (χ1v) is 9.95. The Bertz CT molecular complexity index is 1120. The molecule has 3 heterocycles. The molecule has 4 rings (SSSR count). The van der Waals surface area contributed by atoms with Crippen LogP contribution in [0.2, 0.25) is 0 Å². The fourth-order valence-corrected chi connectivity index (χ4v) is 3.19. The van der Waals surface area contributed by atoms with Crippen molar-refractivity contribution in [2.45, 2.75) is 25.9 Å². The number of aliphatic carboxylic acids is 1. The van der Waals surface area contributed by atoms with E-state index in [1.54, 1.807) is 29.9 Å². The quantitative estimate of drug-likeness (QED) is 0.392. The Labute approximate surface area is 185 Å². The zero-order valence-electron chi connectivity index (χ0n) is 17.5. The molecule has 1 fully saturated rings. The van der Waals surface area contributed by atoms with Crippen LogP contribution >= 0.6 is 0 Å². The number of fused-ring (bicyclic) bond motifs is 1. The van der Waals surface area contributed by atoms with E-state index in [-0.39, 0.29) is 0 Å². The molecule has 0 bridgehead atoms. The Hall–Kier alpha value is -3.67. The van der Waals surface area contributed by atoms with Crippen LogP contribution in [-0.2, 0) is 4.79 Å². The van der Waals surface area contributed by atoms with E-state index in [0.717, 1.165) is 30.4 Å². The highest BCUT2D eigenvalue weighted by molar-refractivity contribution is 5.96. The minimum atomic E-state index is -5.08. The Morgan fingerprint density at radius 1 is 1.18 bits per heavy atom. The fraction of sp³-hybridized carbons (Fsp3) is 0.333. The normalized spacial score (nSPS) is 14.5. The second kappa shape index (κ2) is 9.86. The van der Waals surface area contributed by atoms with Gasteiger partial charge in [0.05, 0.1) is 5.56 Å². The minimum Gasteiger partial charge on any atom is -0.475 e. The molecule has 1 amide bonds. The van der Waals surface area contributed by atoms with E-state index >= 15 is 0 Å². The number of carboxylic acid groups (broad SMARTS) is 1. The van der Waals surface area contributed by atoms with Gasteiger partial charge in [0.15, 0.2) is 5.58 Å². The molecule has 1 aliphatic heterocycles. The van der Waals surface area contributed by atoms with Crippen molar-refractivity contribution in [1.29, 1.82) is 0 Å². The average molecular weight is 466 g/mol. The predicted octanol–water partition coefficient (Wildman–Crippen LogP) is 3.88. The summed E-state index contributed by atoms with van der Waals surface area (Å²) in [5, 5.41) is 15.9. The molecule has 0 atom stereocenters. The summed E-state index contributed by atoms with van der Waals surface area (Å²) in [6.45, 7) is 4.36. The molecule has 3 aromatic rings. The topological polar surface area (TPSA) is 129 Å². The summed E-state index contributed by atoms with van der Waals surface area (Å²) in [5.74, 6) is -1.14. The Morgan fingerprint density at radius 3 is 2.39 bits per heavy atom. The summed E-state index contributed by atoms with van der Waals surface area (Å²) < 4.78 is 37.5. The zero-order valence-corrected chi connectivity index (χ0v) is 17.5. The summed E-state index contributed by atoms with van der Waals surface area (Å²) in [5.41, 5.74) is 3.83. The second-order valence-electron chi connectivity index (χ2n) is 7.52. The number of halogens is 3. The molecule has 0 aliphatic carbocycles. The number of aromatic nitrogens is 2. The monoisotopic (exact) mass is 466 g/mol. The fourth-order valence-electron chi connectivity index (χ4n) is 3.19. The lowest BCUT2D eigenvalue weighted by atomic mass is 9.99. The van der Waals surface area contributed by atoms with Crippen LogP contribution in [0.4, 0.5) is 19.0 Å². The van der Waals surface area contributed by atoms with Gasteiger partial charge in [-0.15, -0.1) is 0 Å². The van der Waals surface area contributed by atoms with E-state index in [9.17, 15) is 18.0 Å². The molecule has 9 nitrogen and oxygen atoms in total. The summed E-state index contributed by atoms with van der Waals surface area (Å²) in [6.07, 6.45) is -0.934. The SMILES string of the molecule is CC1CCN(c2ccc(-c3nc4cc(C(=O)NO)ccc4o3)cn2)CC1.O=C(O)C(F)(F)F. The van der Waals surface area contributed by atoms with Crippen molar-refractivity contribution in [3.8, 4) is 11.5 Å². The summed E-state index contributed by atoms with van der Waals surface area (Å²) in [6, 6.07) is 8.75. The smallest absolute Gasteiger partial charge is 0.475 e. The lowest BCUT2D eigenvalue weighted by Gasteiger charge is -2.31. The number of hydrogen-bond donors (Lipinski definition) is 3. The van der Waals surface area contributed by atoms with Crippen molar-refractivity contribution in [1.82, 2.24) is 15.4 Å². The van der Waals surface area contributed by atoms with E-state index in [1.807, 2.05) is 12.1 Å². The van der Waals surface area contributed by atoms with Gasteiger partial charge in [-0.1, -0.05) is 6.92 Å². The molecule has 1 aliphatic rings. The molecule has 0 saturated carbocycles. The number of carboxylic acids is 1. The zero-order chi connectivity index (χ0) is 24.2. The van der Waals surface area contributed by atoms with E-state index < -0.39 is 18.1 Å². The van der Waals surface area contributed by atoms with Crippen molar-refractivity contribution in [3.05, 3.63) is 42.1 Å². The maximum atomic E-state index is 11.5. The van der Waals surface area contributed by atoms with Crippen molar-refractivity contribution in [2.24, 2.45) is 5.92 Å². The van der Waals surface area contributed by atoms with Gasteiger partial charge in [-0.2, -0.15) is 13.2 Å². The number of rotatable bonds is 3. The van der Waals surface area contributed by atoms with Gasteiger partial charge >= 0.3 is 12.1 Å². The minimum absolute atomic E-state index is 0.313. The van der Waals surface area contributed by atoms with Crippen LogP contribution < -0.4 is 10.4 Å². The van der Waals surface area contributed by atoms with Gasteiger partial charge in [0.1, 0.15) is 11.3 Å². The van der Waals surface area contributed by atoms with E-state index in [1.165, 1.54) is 12.8 Å². The molecule has 3 N–H and O–H groups in total. The summed E-state index contributed by atoms with van der Waals surface area (Å²) in [7, 11) is 0. The molecular weight excluding hydrogens is 445 g/mol. The molecule has 0 radical (unpaired) electrons. The van der Waals surface area contributed by atoms with Crippen LogP contribution in [0.25, 0.3) is 22.6 Å². The largest absolute Gasteiger partial charge is 0.490 e. The van der Waals surface area contributed by atoms with Crippen LogP contribution in [0.5, 0.6) is 0 Å². The first kappa shape index (κ1) is 24.0. The second-order valence-corrected chi connectivity index (χ2v) is 7.52. The van der Waals surface area contributed by atoms with Crippen LogP contribution in [0.15, 0.2) is 40.9 Å². The third kappa shape index (κ3) is 5.98. The molecule has 1 aromatic carbocycles. The number of alkyl halides is 3. The first-order chi connectivity index (χ1) is 15.6. The highest BCUT2D eigenvalue weighted by Crippen LogP contribution is 2.27. The molecule has 1 saturated heterocycles. The number of carbonyl (C=O) groups is 2. The van der Waals surface area contributed by atoms with Crippen molar-refractivity contribution in [3.63, 3.8) is 0 Å². The standard InChI is InChI=1S/C19H20N4O3.C2HF3O2/c1-12-6-8-23(9-7-12)17-5-3-14(11-20-17)19-21-15-10-13(18(24)22-25)2-4-16(15)26-19;3-2(4,5)1(6)7/h2-5,10-12,25H,6-9H2,1H3,(H,22,24);(H,6,7). The lowest BCUT2D eigenvalue weighted by molar-refractivity contribution is -0.192. The average Bonchev–Trinajstić information content (AvgIpc) is 3.22. The van der Waals surface area contributed by atoms with E-state index in [4.69, 9.17) is 19.5 Å². The predicted molar refractivity (Wildman–Crippen MR) is 111 cm³/mol. The number of carbonyl (C=O) groups excluding carboxylic acids is 1. The third-order valence-corrected chi connectivity index (χ3v) is 5.10. The van der Waals surface area contributed by atoms with E-state index in [2.05, 4.69) is 21.8 Å². The van der Waals surface area contributed by atoms with Gasteiger partial charge in [0.2, 0.25) is 5.89 Å². The first-order valence-electron chi connectivity index (χ1n) is 9.95. The number of nitrogens with zero attached hydrogens (tertiary/aromatic N) is 3. The van der Waals surface area contributed by atoms with Gasteiger partial charge in [0, 0.05) is 24.8 Å². The number of amides is 1. The van der Waals surface area contributed by atoms with Gasteiger partial charge in [-0.05, 0) is 49.1 Å². The molecule has 2 aromatic heterocycles. The van der Waals surface area contributed by atoms with Crippen LogP contribution in [-0.4, -0.2) is 51.4 Å². The number of benzene rings is 1. The van der Waals surface area contributed by atoms with Gasteiger partial charge < -0.3 is 14.4 Å².